The van der Waals surface area contributed by atoms with E-state index in [1.807, 2.05) is 0 Å². The van der Waals surface area contributed by atoms with E-state index in [4.69, 9.17) is 4.74 Å². The third-order valence-corrected chi connectivity index (χ3v) is 4.23. The summed E-state index contributed by atoms with van der Waals surface area (Å²) in [7, 11) is 0. The van der Waals surface area contributed by atoms with Crippen LogP contribution in [0.2, 0.25) is 0 Å². The van der Waals surface area contributed by atoms with Crippen LogP contribution in [-0.4, -0.2) is 19.2 Å². The lowest BCUT2D eigenvalue weighted by Crippen LogP contribution is -2.33. The zero-order valence-corrected chi connectivity index (χ0v) is 12.3. The van der Waals surface area contributed by atoms with Crippen LogP contribution in [0, 0.1) is 11.8 Å². The Morgan fingerprint density at radius 1 is 1.10 bits per heavy atom. The molecule has 0 spiro atoms. The van der Waals surface area contributed by atoms with Crippen molar-refractivity contribution in [3.05, 3.63) is 42.5 Å². The van der Waals surface area contributed by atoms with Gasteiger partial charge in [-0.05, 0) is 30.3 Å². The van der Waals surface area contributed by atoms with E-state index in [0.717, 1.165) is 18.8 Å². The summed E-state index contributed by atoms with van der Waals surface area (Å²) in [5.41, 5.74) is 0. The first kappa shape index (κ1) is 13.4. The van der Waals surface area contributed by atoms with Gasteiger partial charge in [-0.2, -0.15) is 0 Å². The van der Waals surface area contributed by atoms with Crippen LogP contribution < -0.4 is 10.1 Å². The van der Waals surface area contributed by atoms with Gasteiger partial charge in [0.25, 0.3) is 0 Å². The van der Waals surface area contributed by atoms with Gasteiger partial charge in [0.2, 0.25) is 0 Å². The second kappa shape index (κ2) is 5.84. The van der Waals surface area contributed by atoms with E-state index < -0.39 is 0 Å². The van der Waals surface area contributed by atoms with E-state index in [0.29, 0.717) is 11.8 Å². The van der Waals surface area contributed by atoms with Gasteiger partial charge < -0.3 is 10.1 Å². The van der Waals surface area contributed by atoms with Crippen molar-refractivity contribution in [1.82, 2.24) is 5.32 Å². The lowest BCUT2D eigenvalue weighted by atomic mass is 9.92. The second-order valence-electron chi connectivity index (χ2n) is 6.06. The fraction of sp³-hybridized carbons (Fsp3) is 0.444. The lowest BCUT2D eigenvalue weighted by Gasteiger charge is -2.28. The van der Waals surface area contributed by atoms with Gasteiger partial charge in [0.05, 0.1) is 0 Å². The van der Waals surface area contributed by atoms with Crippen molar-refractivity contribution >= 4 is 10.8 Å². The molecule has 0 radical (unpaired) electrons. The van der Waals surface area contributed by atoms with E-state index in [9.17, 15) is 0 Å². The zero-order chi connectivity index (χ0) is 13.9. The quantitative estimate of drug-likeness (QED) is 0.910. The number of fused-ring (bicyclic) bond motifs is 1. The van der Waals surface area contributed by atoms with E-state index in [2.05, 4.69) is 61.6 Å². The maximum atomic E-state index is 6.43. The molecule has 1 fully saturated rings. The molecule has 1 N–H and O–H groups in total. The Bertz CT molecular complexity index is 567. The SMILES string of the molecule is CC(C)[C@H](Oc1cccc2ccccc12)[C@H]1CCNC1. The summed E-state index contributed by atoms with van der Waals surface area (Å²) < 4.78 is 6.43. The topological polar surface area (TPSA) is 21.3 Å². The van der Waals surface area contributed by atoms with Crippen LogP contribution in [0.3, 0.4) is 0 Å². The first-order valence-corrected chi connectivity index (χ1v) is 7.61. The van der Waals surface area contributed by atoms with E-state index >= 15 is 0 Å². The van der Waals surface area contributed by atoms with Gasteiger partial charge in [-0.15, -0.1) is 0 Å². The summed E-state index contributed by atoms with van der Waals surface area (Å²) >= 11 is 0. The fourth-order valence-electron chi connectivity index (χ4n) is 3.18. The van der Waals surface area contributed by atoms with Crippen LogP contribution in [-0.2, 0) is 0 Å². The van der Waals surface area contributed by atoms with Gasteiger partial charge >= 0.3 is 0 Å². The van der Waals surface area contributed by atoms with Crippen molar-refractivity contribution in [2.45, 2.75) is 26.4 Å². The van der Waals surface area contributed by atoms with E-state index in [1.165, 1.54) is 17.2 Å². The summed E-state index contributed by atoms with van der Waals surface area (Å²) in [6, 6.07) is 14.8. The van der Waals surface area contributed by atoms with Gasteiger partial charge in [-0.25, -0.2) is 0 Å². The van der Waals surface area contributed by atoms with Crippen LogP contribution in [0.4, 0.5) is 0 Å². The monoisotopic (exact) mass is 269 g/mol. The smallest absolute Gasteiger partial charge is 0.127 e. The van der Waals surface area contributed by atoms with Crippen molar-refractivity contribution in [2.24, 2.45) is 11.8 Å². The molecule has 2 nitrogen and oxygen atoms in total. The van der Waals surface area contributed by atoms with Crippen molar-refractivity contribution in [1.29, 1.82) is 0 Å². The molecule has 0 aliphatic carbocycles. The average molecular weight is 269 g/mol. The molecule has 1 aliphatic rings. The Balaban J connectivity index is 1.90. The molecule has 0 unspecified atom stereocenters. The average Bonchev–Trinajstić information content (AvgIpc) is 2.98. The standard InChI is InChI=1S/C18H23NO/c1-13(2)18(15-10-11-19-12-15)20-17-9-5-7-14-6-3-4-8-16(14)17/h3-9,13,15,18-19H,10-12H2,1-2H3/t15-,18-/m0/s1. The maximum absolute atomic E-state index is 6.43. The number of nitrogens with one attached hydrogen (secondary N) is 1. The minimum atomic E-state index is 0.288. The van der Waals surface area contributed by atoms with Crippen molar-refractivity contribution in [2.75, 3.05) is 13.1 Å². The number of hydrogen-bond acceptors (Lipinski definition) is 2. The second-order valence-corrected chi connectivity index (χ2v) is 6.06. The maximum Gasteiger partial charge on any atom is 0.127 e. The molecule has 2 atom stereocenters. The normalized spacial score (nSPS) is 20.4. The summed E-state index contributed by atoms with van der Waals surface area (Å²) in [4.78, 5) is 0. The highest BCUT2D eigenvalue weighted by atomic mass is 16.5. The van der Waals surface area contributed by atoms with Crippen molar-refractivity contribution in [3.63, 3.8) is 0 Å². The number of rotatable bonds is 4. The van der Waals surface area contributed by atoms with Crippen LogP contribution in [0.5, 0.6) is 5.75 Å². The van der Waals surface area contributed by atoms with Gasteiger partial charge in [0.15, 0.2) is 0 Å². The Kier molecular flexibility index (Phi) is 3.93. The third kappa shape index (κ3) is 2.66. The minimum absolute atomic E-state index is 0.288. The van der Waals surface area contributed by atoms with Crippen LogP contribution in [0.15, 0.2) is 42.5 Å². The Labute approximate surface area is 121 Å². The van der Waals surface area contributed by atoms with Crippen LogP contribution in [0.25, 0.3) is 10.8 Å². The predicted octanol–water partition coefficient (Wildman–Crippen LogP) is 3.85. The molecular weight excluding hydrogens is 246 g/mol. The largest absolute Gasteiger partial charge is 0.489 e. The van der Waals surface area contributed by atoms with Gasteiger partial charge in [0.1, 0.15) is 11.9 Å². The first-order valence-electron chi connectivity index (χ1n) is 7.61. The number of benzene rings is 2. The molecule has 0 amide bonds. The first-order chi connectivity index (χ1) is 9.75. The zero-order valence-electron chi connectivity index (χ0n) is 12.3. The summed E-state index contributed by atoms with van der Waals surface area (Å²) in [5, 5.41) is 5.91. The van der Waals surface area contributed by atoms with Crippen LogP contribution >= 0.6 is 0 Å². The molecule has 0 saturated carbocycles. The van der Waals surface area contributed by atoms with E-state index in [1.54, 1.807) is 0 Å². The molecule has 1 heterocycles. The van der Waals surface area contributed by atoms with Gasteiger partial charge in [0, 0.05) is 17.8 Å². The lowest BCUT2D eigenvalue weighted by molar-refractivity contribution is 0.0990. The fourth-order valence-corrected chi connectivity index (χ4v) is 3.18. The molecule has 1 saturated heterocycles. The van der Waals surface area contributed by atoms with Gasteiger partial charge in [-0.1, -0.05) is 50.2 Å². The minimum Gasteiger partial charge on any atom is -0.489 e. The molecule has 20 heavy (non-hydrogen) atoms. The van der Waals surface area contributed by atoms with Gasteiger partial charge in [-0.3, -0.25) is 0 Å². The molecule has 3 rings (SSSR count). The Morgan fingerprint density at radius 2 is 1.90 bits per heavy atom. The highest BCUT2D eigenvalue weighted by Gasteiger charge is 2.29. The number of hydrogen-bond donors (Lipinski definition) is 1. The third-order valence-electron chi connectivity index (χ3n) is 4.23. The molecular formula is C18H23NO. The molecule has 0 bridgehead atoms. The van der Waals surface area contributed by atoms with E-state index in [-0.39, 0.29) is 6.10 Å². The van der Waals surface area contributed by atoms with Crippen molar-refractivity contribution in [3.8, 4) is 5.75 Å². The molecule has 106 valence electrons. The number of ether oxygens (including phenoxy) is 1. The summed E-state index contributed by atoms with van der Waals surface area (Å²) in [6.07, 6.45) is 1.50. The molecule has 2 heteroatoms. The molecule has 1 aliphatic heterocycles. The Hall–Kier alpha value is -1.54. The molecule has 0 aromatic heterocycles. The predicted molar refractivity (Wildman–Crippen MR) is 84.2 cm³/mol. The Morgan fingerprint density at radius 3 is 2.65 bits per heavy atom. The molecule has 2 aromatic rings. The van der Waals surface area contributed by atoms with Crippen LogP contribution in [0.1, 0.15) is 20.3 Å². The highest BCUT2D eigenvalue weighted by molar-refractivity contribution is 5.88. The summed E-state index contributed by atoms with van der Waals surface area (Å²) in [5.74, 6) is 2.17. The highest BCUT2D eigenvalue weighted by Crippen LogP contribution is 2.30. The summed E-state index contributed by atoms with van der Waals surface area (Å²) in [6.45, 7) is 6.71. The van der Waals surface area contributed by atoms with Crippen molar-refractivity contribution < 1.29 is 4.74 Å². The molecule has 2 aromatic carbocycles.